The molecule has 0 spiro atoms. The minimum absolute atomic E-state index is 0.0250. The van der Waals surface area contributed by atoms with E-state index in [2.05, 4.69) is 17.2 Å². The van der Waals surface area contributed by atoms with Gasteiger partial charge < -0.3 is 15.8 Å². The number of hydrogen-bond donors (Lipinski definition) is 2. The van der Waals surface area contributed by atoms with Crippen LogP contribution in [0.5, 0.6) is 0 Å². The second-order valence-electron chi connectivity index (χ2n) is 5.35. The van der Waals surface area contributed by atoms with E-state index >= 15 is 0 Å². The van der Waals surface area contributed by atoms with Crippen molar-refractivity contribution in [3.8, 4) is 11.8 Å². The summed E-state index contributed by atoms with van der Waals surface area (Å²) in [6.07, 6.45) is 2.21. The summed E-state index contributed by atoms with van der Waals surface area (Å²) in [5.74, 6) is 5.75. The number of nitrogens with one attached hydrogen (secondary N) is 1. The van der Waals surface area contributed by atoms with Gasteiger partial charge in [-0.05, 0) is 50.5 Å². The summed E-state index contributed by atoms with van der Waals surface area (Å²) in [5.41, 5.74) is 7.90. The molecule has 0 saturated carbocycles. The molecule has 1 aromatic carbocycles. The number of benzene rings is 1. The number of carbonyl (C=O) groups excluding carboxylic acids is 1. The molecule has 1 amide bonds. The maximum atomic E-state index is 12.3. The molecule has 112 valence electrons. The Morgan fingerprint density at radius 2 is 2.38 bits per heavy atom. The molecule has 4 nitrogen and oxygen atoms in total. The van der Waals surface area contributed by atoms with Crippen LogP contribution in [0.4, 0.5) is 0 Å². The third kappa shape index (κ3) is 4.07. The van der Waals surface area contributed by atoms with E-state index in [4.69, 9.17) is 10.5 Å². The Kier molecular flexibility index (Phi) is 5.38. The Bertz CT molecular complexity index is 566. The van der Waals surface area contributed by atoms with Gasteiger partial charge in [0.2, 0.25) is 0 Å². The molecule has 0 radical (unpaired) electrons. The maximum Gasteiger partial charge on any atom is 0.251 e. The maximum absolute atomic E-state index is 12.3. The zero-order valence-corrected chi connectivity index (χ0v) is 12.6. The van der Waals surface area contributed by atoms with Crippen LogP contribution in [-0.4, -0.2) is 31.2 Å². The Morgan fingerprint density at radius 3 is 3.00 bits per heavy atom. The quantitative estimate of drug-likeness (QED) is 0.830. The van der Waals surface area contributed by atoms with Crippen molar-refractivity contribution < 1.29 is 9.53 Å². The van der Waals surface area contributed by atoms with Crippen LogP contribution in [0.15, 0.2) is 18.2 Å². The Labute approximate surface area is 126 Å². The van der Waals surface area contributed by atoms with Crippen LogP contribution in [0.25, 0.3) is 0 Å². The van der Waals surface area contributed by atoms with Gasteiger partial charge in [-0.25, -0.2) is 0 Å². The van der Waals surface area contributed by atoms with Crippen molar-refractivity contribution in [1.82, 2.24) is 5.32 Å². The summed E-state index contributed by atoms with van der Waals surface area (Å²) < 4.78 is 5.59. The molecule has 1 aliphatic rings. The van der Waals surface area contributed by atoms with Gasteiger partial charge in [0.15, 0.2) is 0 Å². The molecule has 2 rings (SSSR count). The molecule has 4 heteroatoms. The fourth-order valence-corrected chi connectivity index (χ4v) is 2.47. The molecule has 1 aromatic rings. The van der Waals surface area contributed by atoms with Gasteiger partial charge in [0.05, 0.1) is 18.7 Å². The molecule has 0 aliphatic carbocycles. The number of rotatable bonds is 3. The molecule has 1 aliphatic heterocycles. The molecule has 3 N–H and O–H groups in total. The van der Waals surface area contributed by atoms with Gasteiger partial charge in [0.25, 0.3) is 5.91 Å². The van der Waals surface area contributed by atoms with Crippen molar-refractivity contribution in [3.05, 3.63) is 34.9 Å². The molecule has 0 aromatic heterocycles. The Balaban J connectivity index is 2.03. The highest BCUT2D eigenvalue weighted by atomic mass is 16.5. The van der Waals surface area contributed by atoms with Crippen LogP contribution in [0.1, 0.15) is 41.3 Å². The van der Waals surface area contributed by atoms with Gasteiger partial charge >= 0.3 is 0 Å². The largest absolute Gasteiger partial charge is 0.376 e. The standard InChI is InChI=1S/C17H22N2O2/c1-12-11-15(8-7-14(12)5-3-9-18)17(20)19-13(2)16-6-4-10-21-16/h7-8,11,13,16H,4,6,9-10,18H2,1-2H3,(H,19,20). The van der Waals surface area contributed by atoms with Gasteiger partial charge in [-0.15, -0.1) is 0 Å². The number of nitrogens with two attached hydrogens (primary N) is 1. The molecule has 2 unspecified atom stereocenters. The van der Waals surface area contributed by atoms with Crippen LogP contribution in [0, 0.1) is 18.8 Å². The first-order chi connectivity index (χ1) is 10.1. The third-order valence-electron chi connectivity index (χ3n) is 3.70. The summed E-state index contributed by atoms with van der Waals surface area (Å²) >= 11 is 0. The Hall–Kier alpha value is -1.83. The predicted molar refractivity (Wildman–Crippen MR) is 83.0 cm³/mol. The van der Waals surface area contributed by atoms with Crippen molar-refractivity contribution in [3.63, 3.8) is 0 Å². The first-order valence-electron chi connectivity index (χ1n) is 7.34. The molecular formula is C17H22N2O2. The SMILES string of the molecule is Cc1cc(C(=O)NC(C)C2CCCO2)ccc1C#CCN. The van der Waals surface area contributed by atoms with E-state index in [1.54, 1.807) is 6.07 Å². The summed E-state index contributed by atoms with van der Waals surface area (Å²) in [7, 11) is 0. The van der Waals surface area contributed by atoms with E-state index in [0.29, 0.717) is 12.1 Å². The van der Waals surface area contributed by atoms with E-state index in [0.717, 1.165) is 30.6 Å². The molecule has 1 fully saturated rings. The van der Waals surface area contributed by atoms with Crippen molar-refractivity contribution in [2.24, 2.45) is 5.73 Å². The van der Waals surface area contributed by atoms with Crippen molar-refractivity contribution in [1.29, 1.82) is 0 Å². The number of ether oxygens (including phenoxy) is 1. The number of aryl methyl sites for hydroxylation is 1. The lowest BCUT2D eigenvalue weighted by molar-refractivity contribution is 0.0712. The average Bonchev–Trinajstić information content (AvgIpc) is 3.00. The van der Waals surface area contributed by atoms with Crippen molar-refractivity contribution in [2.75, 3.05) is 13.2 Å². The van der Waals surface area contributed by atoms with Gasteiger partial charge in [0, 0.05) is 17.7 Å². The summed E-state index contributed by atoms with van der Waals surface area (Å²) in [6, 6.07) is 5.55. The molecule has 21 heavy (non-hydrogen) atoms. The van der Waals surface area contributed by atoms with Gasteiger partial charge in [-0.3, -0.25) is 4.79 Å². The lowest BCUT2D eigenvalue weighted by Gasteiger charge is -2.20. The monoisotopic (exact) mass is 286 g/mol. The molecular weight excluding hydrogens is 264 g/mol. The van der Waals surface area contributed by atoms with E-state index in [1.807, 2.05) is 26.0 Å². The average molecular weight is 286 g/mol. The zero-order valence-electron chi connectivity index (χ0n) is 12.6. The lowest BCUT2D eigenvalue weighted by Crippen LogP contribution is -2.40. The fourth-order valence-electron chi connectivity index (χ4n) is 2.47. The van der Waals surface area contributed by atoms with Crippen LogP contribution in [-0.2, 0) is 4.74 Å². The van der Waals surface area contributed by atoms with Crippen molar-refractivity contribution in [2.45, 2.75) is 38.8 Å². The van der Waals surface area contributed by atoms with Crippen LogP contribution < -0.4 is 11.1 Å². The predicted octanol–water partition coefficient (Wildman–Crippen LogP) is 1.60. The number of carbonyl (C=O) groups is 1. The normalized spacial score (nSPS) is 18.7. The molecule has 1 saturated heterocycles. The van der Waals surface area contributed by atoms with Gasteiger partial charge in [-0.2, -0.15) is 0 Å². The smallest absolute Gasteiger partial charge is 0.251 e. The van der Waals surface area contributed by atoms with E-state index < -0.39 is 0 Å². The topological polar surface area (TPSA) is 64.3 Å². The summed E-state index contributed by atoms with van der Waals surface area (Å²) in [4.78, 5) is 12.3. The van der Waals surface area contributed by atoms with Crippen LogP contribution in [0.2, 0.25) is 0 Å². The first kappa shape index (κ1) is 15.6. The molecule has 2 atom stereocenters. The Morgan fingerprint density at radius 1 is 1.57 bits per heavy atom. The van der Waals surface area contributed by atoms with Crippen LogP contribution in [0.3, 0.4) is 0 Å². The number of amides is 1. The first-order valence-corrected chi connectivity index (χ1v) is 7.34. The molecule has 0 bridgehead atoms. The second kappa shape index (κ2) is 7.26. The van der Waals surface area contributed by atoms with Crippen LogP contribution >= 0.6 is 0 Å². The van der Waals surface area contributed by atoms with Gasteiger partial charge in [-0.1, -0.05) is 11.8 Å². The number of hydrogen-bond acceptors (Lipinski definition) is 3. The van der Waals surface area contributed by atoms with E-state index in [-0.39, 0.29) is 18.1 Å². The van der Waals surface area contributed by atoms with Crippen molar-refractivity contribution >= 4 is 5.91 Å². The highest BCUT2D eigenvalue weighted by molar-refractivity contribution is 5.94. The van der Waals surface area contributed by atoms with E-state index in [9.17, 15) is 4.79 Å². The zero-order chi connectivity index (χ0) is 15.2. The highest BCUT2D eigenvalue weighted by Crippen LogP contribution is 2.16. The lowest BCUT2D eigenvalue weighted by atomic mass is 10.0. The minimum atomic E-state index is -0.0700. The second-order valence-corrected chi connectivity index (χ2v) is 5.35. The summed E-state index contributed by atoms with van der Waals surface area (Å²) in [5, 5.41) is 3.01. The van der Waals surface area contributed by atoms with E-state index in [1.165, 1.54) is 0 Å². The third-order valence-corrected chi connectivity index (χ3v) is 3.70. The molecule has 1 heterocycles. The van der Waals surface area contributed by atoms with Gasteiger partial charge in [0.1, 0.15) is 0 Å². The fraction of sp³-hybridized carbons (Fsp3) is 0.471. The summed E-state index contributed by atoms with van der Waals surface area (Å²) in [6.45, 7) is 5.06. The minimum Gasteiger partial charge on any atom is -0.376 e. The highest BCUT2D eigenvalue weighted by Gasteiger charge is 2.24.